The summed E-state index contributed by atoms with van der Waals surface area (Å²) in [6, 6.07) is 10.5. The van der Waals surface area contributed by atoms with E-state index in [1.54, 1.807) is 45.0 Å². The Kier molecular flexibility index (Phi) is 19.6. The maximum Gasteiger partial charge on any atom is 0.416 e. The van der Waals surface area contributed by atoms with Gasteiger partial charge in [-0.2, -0.15) is 5.10 Å². The Bertz CT molecular complexity index is 1940. The number of nitrogens with zero attached hydrogens (tertiary/aromatic N) is 5. The van der Waals surface area contributed by atoms with Crippen molar-refractivity contribution < 1.29 is 55.9 Å². The lowest BCUT2D eigenvalue weighted by atomic mass is 10.2. The number of oxazole rings is 1. The van der Waals surface area contributed by atoms with Crippen LogP contribution in [0.25, 0.3) is 17.1 Å². The van der Waals surface area contributed by atoms with Crippen molar-refractivity contribution in [3.63, 3.8) is 0 Å². The molecule has 340 valence electrons. The van der Waals surface area contributed by atoms with Gasteiger partial charge in [0.2, 0.25) is 5.89 Å². The number of halogens is 2. The molecular formula is C43H59F2N7O10. The number of ether oxygens (including phenoxy) is 7. The topological polar surface area (TPSA) is 183 Å². The van der Waals surface area contributed by atoms with E-state index in [0.29, 0.717) is 122 Å². The number of carbonyl (C=O) groups is 2. The highest BCUT2D eigenvalue weighted by atomic mass is 19.3. The zero-order valence-electron chi connectivity index (χ0n) is 35.9. The molecule has 0 radical (unpaired) electrons. The lowest BCUT2D eigenvalue weighted by Crippen LogP contribution is -2.38. The molecule has 3 aromatic heterocycles. The Morgan fingerprint density at radius 3 is 2.08 bits per heavy atom. The van der Waals surface area contributed by atoms with E-state index in [0.717, 1.165) is 24.7 Å². The molecule has 0 bridgehead atoms. The number of carbonyl (C=O) groups excluding carboxylic acids is 2. The molecule has 0 unspecified atom stereocenters. The van der Waals surface area contributed by atoms with Crippen molar-refractivity contribution in [1.29, 1.82) is 0 Å². The van der Waals surface area contributed by atoms with Crippen LogP contribution in [-0.2, 0) is 39.7 Å². The first-order chi connectivity index (χ1) is 30.0. The Morgan fingerprint density at radius 2 is 1.50 bits per heavy atom. The second-order valence-corrected chi connectivity index (χ2v) is 15.2. The summed E-state index contributed by atoms with van der Waals surface area (Å²) in [6.07, 6.45) is 2.48. The van der Waals surface area contributed by atoms with E-state index in [-0.39, 0.29) is 17.3 Å². The largest absolute Gasteiger partial charge is 0.444 e. The molecule has 0 spiro atoms. The Labute approximate surface area is 360 Å². The van der Waals surface area contributed by atoms with Gasteiger partial charge in [-0.25, -0.2) is 28.2 Å². The first kappa shape index (κ1) is 48.1. The molecule has 17 nitrogen and oxygen atoms in total. The molecule has 0 atom stereocenters. The van der Waals surface area contributed by atoms with E-state index in [2.05, 4.69) is 25.7 Å². The van der Waals surface area contributed by atoms with Crippen molar-refractivity contribution in [3.05, 3.63) is 72.0 Å². The monoisotopic (exact) mass is 871 g/mol. The molecular weight excluding hydrogens is 813 g/mol. The van der Waals surface area contributed by atoms with Gasteiger partial charge < -0.3 is 48.2 Å². The molecule has 1 fully saturated rings. The summed E-state index contributed by atoms with van der Waals surface area (Å²) in [5.74, 6) is 0.00602. The van der Waals surface area contributed by atoms with Crippen LogP contribution in [0.3, 0.4) is 0 Å². The van der Waals surface area contributed by atoms with E-state index in [9.17, 15) is 18.4 Å². The van der Waals surface area contributed by atoms with E-state index in [1.807, 2.05) is 19.1 Å². The summed E-state index contributed by atoms with van der Waals surface area (Å²) in [6.45, 7) is 15.2. The molecule has 62 heavy (non-hydrogen) atoms. The summed E-state index contributed by atoms with van der Waals surface area (Å²) < 4.78 is 73.3. The number of aromatic nitrogens is 4. The predicted molar refractivity (Wildman–Crippen MR) is 225 cm³/mol. The first-order valence-electron chi connectivity index (χ1n) is 20.9. The number of nitrogens with one attached hydrogen (secondary N) is 2. The van der Waals surface area contributed by atoms with Crippen LogP contribution in [0.15, 0.2) is 59.5 Å². The average molecular weight is 872 g/mol. The Balaban J connectivity index is 1.00. The second-order valence-electron chi connectivity index (χ2n) is 15.2. The molecule has 1 aliphatic carbocycles. The average Bonchev–Trinajstić information content (AvgIpc) is 3.75. The molecule has 1 aromatic carbocycles. The highest BCUT2D eigenvalue weighted by Gasteiger charge is 2.32. The summed E-state index contributed by atoms with van der Waals surface area (Å²) in [7, 11) is 0. The maximum absolute atomic E-state index is 14.1. The van der Waals surface area contributed by atoms with E-state index in [1.165, 1.54) is 22.0 Å². The van der Waals surface area contributed by atoms with Crippen LogP contribution in [0.2, 0.25) is 0 Å². The van der Waals surface area contributed by atoms with Gasteiger partial charge in [-0.3, -0.25) is 9.69 Å². The number of hydrogen-bond donors (Lipinski definition) is 2. The van der Waals surface area contributed by atoms with E-state index in [4.69, 9.17) is 37.6 Å². The van der Waals surface area contributed by atoms with E-state index < -0.39 is 29.7 Å². The number of pyridine rings is 1. The molecule has 2 N–H and O–H groups in total. The van der Waals surface area contributed by atoms with Gasteiger partial charge in [0.1, 0.15) is 17.7 Å². The number of anilines is 2. The third-order valence-corrected chi connectivity index (χ3v) is 8.97. The molecule has 1 saturated carbocycles. The lowest BCUT2D eigenvalue weighted by Gasteiger charge is -2.27. The fourth-order valence-corrected chi connectivity index (χ4v) is 5.70. The van der Waals surface area contributed by atoms with Crippen LogP contribution in [0.1, 0.15) is 68.7 Å². The van der Waals surface area contributed by atoms with Crippen molar-refractivity contribution >= 4 is 23.5 Å². The van der Waals surface area contributed by atoms with Gasteiger partial charge >= 0.3 is 6.09 Å². The number of rotatable bonds is 29. The minimum absolute atomic E-state index is 0.0780. The van der Waals surface area contributed by atoms with Gasteiger partial charge in [0.25, 0.3) is 12.3 Å². The number of benzene rings is 1. The fourth-order valence-electron chi connectivity index (χ4n) is 5.70. The van der Waals surface area contributed by atoms with Gasteiger partial charge in [-0.05, 0) is 76.3 Å². The Morgan fingerprint density at radius 1 is 0.887 bits per heavy atom. The smallest absolute Gasteiger partial charge is 0.416 e. The molecule has 0 aliphatic heterocycles. The lowest BCUT2D eigenvalue weighted by molar-refractivity contribution is -0.0160. The highest BCUT2D eigenvalue weighted by Crippen LogP contribution is 2.33. The summed E-state index contributed by atoms with van der Waals surface area (Å²) >= 11 is 0. The third kappa shape index (κ3) is 16.8. The van der Waals surface area contributed by atoms with E-state index >= 15 is 0 Å². The van der Waals surface area contributed by atoms with Crippen molar-refractivity contribution in [1.82, 2.24) is 25.1 Å². The molecule has 4 aromatic rings. The van der Waals surface area contributed by atoms with Crippen LogP contribution in [-0.4, -0.2) is 130 Å². The van der Waals surface area contributed by atoms with Gasteiger partial charge in [0, 0.05) is 38.0 Å². The van der Waals surface area contributed by atoms with Gasteiger partial charge in [-0.1, -0.05) is 12.1 Å². The van der Waals surface area contributed by atoms with Crippen LogP contribution in [0.5, 0.6) is 0 Å². The van der Waals surface area contributed by atoms with Crippen molar-refractivity contribution in [2.45, 2.75) is 59.1 Å². The van der Waals surface area contributed by atoms with Crippen LogP contribution >= 0.6 is 0 Å². The highest BCUT2D eigenvalue weighted by molar-refractivity contribution is 6.03. The molecule has 1 aliphatic rings. The minimum Gasteiger partial charge on any atom is -0.444 e. The van der Waals surface area contributed by atoms with Gasteiger partial charge in [0.15, 0.2) is 11.4 Å². The second kappa shape index (κ2) is 25.3. The summed E-state index contributed by atoms with van der Waals surface area (Å²) in [5.41, 5.74) is 0.321. The van der Waals surface area contributed by atoms with Crippen molar-refractivity contribution in [2.24, 2.45) is 5.92 Å². The summed E-state index contributed by atoms with van der Waals surface area (Å²) in [5, 5.41) is 9.85. The minimum atomic E-state index is -2.96. The quantitative estimate of drug-likeness (QED) is 0.0566. The summed E-state index contributed by atoms with van der Waals surface area (Å²) in [4.78, 5) is 36.4. The normalized spacial score (nSPS) is 12.9. The first-order valence-corrected chi connectivity index (χ1v) is 20.9. The SMILES string of the molecule is CCOCCOCCOCCOCCOCCOCCNCc1ccc(-n2cc(NC(=O)c3coc(-c4ccnc(N(CC5CC5)C(=O)OC(C)(C)C)c4)n3)c(C(F)F)n2)cc1. The van der Waals surface area contributed by atoms with Gasteiger partial charge in [-0.15, -0.1) is 0 Å². The predicted octanol–water partition coefficient (Wildman–Crippen LogP) is 6.47. The molecule has 3 heterocycles. The molecule has 0 saturated heterocycles. The third-order valence-electron chi connectivity index (χ3n) is 8.97. The maximum atomic E-state index is 14.1. The molecule has 19 heteroatoms. The van der Waals surface area contributed by atoms with Crippen molar-refractivity contribution in [3.8, 4) is 17.1 Å². The Hall–Kier alpha value is -4.89. The van der Waals surface area contributed by atoms with Gasteiger partial charge in [0.05, 0.1) is 90.2 Å². The number of hydrogen-bond acceptors (Lipinski definition) is 14. The number of amides is 2. The van der Waals surface area contributed by atoms with Crippen LogP contribution < -0.4 is 15.5 Å². The van der Waals surface area contributed by atoms with Crippen LogP contribution in [0.4, 0.5) is 25.1 Å². The van der Waals surface area contributed by atoms with Crippen LogP contribution in [0, 0.1) is 5.92 Å². The standard InChI is InChI=1S/C43H59F2N7O10/c1-5-55-16-17-57-20-21-59-24-25-60-23-22-58-19-18-56-15-14-46-27-31-8-10-34(11-9-31)52-29-35(38(50-52)39(44)45)48-40(53)36-30-61-41(49-36)33-12-13-47-37(26-33)51(28-32-6-7-32)42(54)62-43(2,3)4/h8-13,26,29-30,32,39,46H,5-7,14-25,27-28H2,1-4H3,(H,48,53). The van der Waals surface area contributed by atoms with Crippen molar-refractivity contribution in [2.75, 3.05) is 103 Å². The number of alkyl halides is 2. The molecule has 2 amide bonds. The zero-order valence-corrected chi connectivity index (χ0v) is 35.9. The zero-order chi connectivity index (χ0) is 44.2. The fraction of sp³-hybridized carbons (Fsp3) is 0.558. The molecule has 5 rings (SSSR count).